The predicted octanol–water partition coefficient (Wildman–Crippen LogP) is 3.25. The predicted molar refractivity (Wildman–Crippen MR) is 87.6 cm³/mol. The Balaban J connectivity index is 2.03. The molecule has 0 aliphatic heterocycles. The monoisotopic (exact) mass is 330 g/mol. The minimum Gasteiger partial charge on any atom is -0.251 e. The molecule has 23 heavy (non-hydrogen) atoms. The summed E-state index contributed by atoms with van der Waals surface area (Å²) in [6.07, 6.45) is 1.65. The molecule has 0 fully saturated rings. The lowest BCUT2D eigenvalue weighted by Crippen LogP contribution is -2.36. The van der Waals surface area contributed by atoms with Crippen LogP contribution >= 0.6 is 0 Å². The topological polar surface area (TPSA) is 42.3 Å². The van der Waals surface area contributed by atoms with E-state index in [0.717, 1.165) is 5.56 Å². The van der Waals surface area contributed by atoms with Gasteiger partial charge in [0.15, 0.2) is 0 Å². The largest absolute Gasteiger partial charge is 0.277 e. The van der Waals surface area contributed by atoms with Crippen LogP contribution in [0, 0.1) is 5.82 Å². The van der Waals surface area contributed by atoms with Crippen LogP contribution in [0.3, 0.4) is 0 Å². The van der Waals surface area contributed by atoms with Gasteiger partial charge in [0.1, 0.15) is 5.82 Å². The van der Waals surface area contributed by atoms with E-state index in [0.29, 0.717) is 5.69 Å². The van der Waals surface area contributed by atoms with Gasteiger partial charge in [0, 0.05) is 18.8 Å². The molecule has 4 nitrogen and oxygen atoms in total. The van der Waals surface area contributed by atoms with Gasteiger partial charge in [-0.25, -0.2) is 8.80 Å². The normalized spacial score (nSPS) is 11.4. The molecule has 1 heterocycles. The van der Waals surface area contributed by atoms with Crippen LogP contribution in [-0.4, -0.2) is 20.1 Å². The molecule has 0 saturated heterocycles. The smallest absolute Gasteiger partial charge is 0.251 e. The maximum Gasteiger partial charge on any atom is 0.277 e. The van der Waals surface area contributed by atoms with Gasteiger partial charge in [0.05, 0.1) is 10.6 Å². The number of nitrogens with zero attached hydrogens (tertiary/aromatic N) is 2. The first-order chi connectivity index (χ1) is 11.0. The molecule has 3 rings (SSSR count). The van der Waals surface area contributed by atoms with Gasteiger partial charge in [-0.2, -0.15) is 8.42 Å². The average Bonchev–Trinajstić information content (AvgIpc) is 3.05. The zero-order valence-corrected chi connectivity index (χ0v) is 13.2. The van der Waals surface area contributed by atoms with Gasteiger partial charge in [-0.1, -0.05) is 18.2 Å². The van der Waals surface area contributed by atoms with E-state index in [2.05, 4.69) is 0 Å². The van der Waals surface area contributed by atoms with Crippen molar-refractivity contribution in [2.24, 2.45) is 0 Å². The van der Waals surface area contributed by atoms with Gasteiger partial charge in [-0.05, 0) is 48.5 Å². The maximum absolute atomic E-state index is 13.1. The van der Waals surface area contributed by atoms with E-state index in [1.54, 1.807) is 60.8 Å². The summed E-state index contributed by atoms with van der Waals surface area (Å²) in [6.45, 7) is 0. The van der Waals surface area contributed by atoms with E-state index in [9.17, 15) is 12.8 Å². The van der Waals surface area contributed by atoms with E-state index in [4.69, 9.17) is 0 Å². The number of halogens is 1. The van der Waals surface area contributed by atoms with Crippen molar-refractivity contribution in [2.45, 2.75) is 4.90 Å². The van der Waals surface area contributed by atoms with E-state index in [1.165, 1.54) is 28.3 Å². The van der Waals surface area contributed by atoms with Crippen molar-refractivity contribution in [1.82, 2.24) is 4.68 Å². The van der Waals surface area contributed by atoms with Gasteiger partial charge in [-0.15, -0.1) is 0 Å². The van der Waals surface area contributed by atoms with Gasteiger partial charge < -0.3 is 0 Å². The van der Waals surface area contributed by atoms with Crippen LogP contribution in [0.4, 0.5) is 4.39 Å². The Bertz CT molecular complexity index is 903. The molecule has 0 unspecified atom stereocenters. The average molecular weight is 330 g/mol. The Morgan fingerprint density at radius 2 is 1.57 bits per heavy atom. The minimum atomic E-state index is -3.68. The molecule has 0 bridgehead atoms. The van der Waals surface area contributed by atoms with Crippen molar-refractivity contribution in [1.29, 1.82) is 0 Å². The molecule has 0 saturated carbocycles. The Morgan fingerprint density at radius 3 is 2.22 bits per heavy atom. The third kappa shape index (κ3) is 2.85. The molecule has 0 radical (unpaired) electrons. The molecule has 0 atom stereocenters. The van der Waals surface area contributed by atoms with Crippen LogP contribution in [0.1, 0.15) is 0 Å². The van der Waals surface area contributed by atoms with Crippen molar-refractivity contribution in [3.63, 3.8) is 0 Å². The van der Waals surface area contributed by atoms with Crippen LogP contribution < -0.4 is 4.41 Å². The van der Waals surface area contributed by atoms with Gasteiger partial charge in [0.25, 0.3) is 10.0 Å². The molecule has 3 aromatic rings. The van der Waals surface area contributed by atoms with Gasteiger partial charge in [-0.3, -0.25) is 4.68 Å². The van der Waals surface area contributed by atoms with Gasteiger partial charge >= 0.3 is 0 Å². The summed E-state index contributed by atoms with van der Waals surface area (Å²) in [4.78, 5) is 0.209. The molecule has 2 aromatic carbocycles. The maximum atomic E-state index is 13.1. The fourth-order valence-electron chi connectivity index (χ4n) is 2.33. The standard InChI is InChI=1S/C17H15FN2O2S/c1-19(23(21,22)16-6-3-2-4-7-16)20-13-5-8-17(20)14-9-11-15(18)12-10-14/h2-13H,1H3. The molecule has 0 amide bonds. The second-order valence-corrected chi connectivity index (χ2v) is 6.95. The Labute approximate surface area is 134 Å². The van der Waals surface area contributed by atoms with Crippen LogP contribution in [-0.2, 0) is 10.0 Å². The zero-order chi connectivity index (χ0) is 16.4. The lowest BCUT2D eigenvalue weighted by Gasteiger charge is -2.23. The van der Waals surface area contributed by atoms with Crippen LogP contribution in [0.5, 0.6) is 0 Å². The zero-order valence-electron chi connectivity index (χ0n) is 12.4. The van der Waals surface area contributed by atoms with Crippen LogP contribution in [0.15, 0.2) is 77.8 Å². The summed E-state index contributed by atoms with van der Waals surface area (Å²) in [5.41, 5.74) is 1.39. The third-order valence-corrected chi connectivity index (χ3v) is 5.30. The molecule has 1 aromatic heterocycles. The Hall–Kier alpha value is -2.60. The molecular formula is C17H15FN2O2S. The van der Waals surface area contributed by atoms with Crippen LogP contribution in [0.2, 0.25) is 0 Å². The summed E-state index contributed by atoms with van der Waals surface area (Å²) < 4.78 is 41.2. The molecule has 0 aliphatic carbocycles. The molecular weight excluding hydrogens is 315 g/mol. The van der Waals surface area contributed by atoms with E-state index in [-0.39, 0.29) is 10.7 Å². The quantitative estimate of drug-likeness (QED) is 0.737. The molecule has 0 spiro atoms. The number of hydrogen-bond acceptors (Lipinski definition) is 2. The van der Waals surface area contributed by atoms with E-state index >= 15 is 0 Å². The Morgan fingerprint density at radius 1 is 0.913 bits per heavy atom. The molecule has 0 N–H and O–H groups in total. The fraction of sp³-hybridized carbons (Fsp3) is 0.0588. The van der Waals surface area contributed by atoms with Crippen molar-refractivity contribution in [3.05, 3.63) is 78.7 Å². The molecule has 0 aliphatic rings. The molecule has 118 valence electrons. The first kappa shape index (κ1) is 15.3. The first-order valence-electron chi connectivity index (χ1n) is 6.98. The third-order valence-electron chi connectivity index (χ3n) is 3.56. The highest BCUT2D eigenvalue weighted by Crippen LogP contribution is 2.23. The van der Waals surface area contributed by atoms with E-state index < -0.39 is 10.0 Å². The van der Waals surface area contributed by atoms with Gasteiger partial charge in [0.2, 0.25) is 0 Å². The van der Waals surface area contributed by atoms with Crippen molar-refractivity contribution in [2.75, 3.05) is 11.5 Å². The van der Waals surface area contributed by atoms with E-state index in [1.807, 2.05) is 0 Å². The SMILES string of the molecule is CN(n1cccc1-c1ccc(F)cc1)S(=O)(=O)c1ccccc1. The summed E-state index contributed by atoms with van der Waals surface area (Å²) in [5, 5.41) is 0. The van der Waals surface area contributed by atoms with Crippen molar-refractivity contribution >= 4 is 10.0 Å². The number of aromatic nitrogens is 1. The Kier molecular flexibility index (Phi) is 3.92. The van der Waals surface area contributed by atoms with Crippen molar-refractivity contribution < 1.29 is 12.8 Å². The van der Waals surface area contributed by atoms with Crippen LogP contribution in [0.25, 0.3) is 11.3 Å². The summed E-state index contributed by atoms with van der Waals surface area (Å²) in [7, 11) is -2.20. The second-order valence-electron chi connectivity index (χ2n) is 5.00. The summed E-state index contributed by atoms with van der Waals surface area (Å²) >= 11 is 0. The highest BCUT2D eigenvalue weighted by molar-refractivity contribution is 7.92. The summed E-state index contributed by atoms with van der Waals surface area (Å²) in [6, 6.07) is 17.7. The lowest BCUT2D eigenvalue weighted by atomic mass is 10.1. The number of rotatable bonds is 4. The lowest BCUT2D eigenvalue weighted by molar-refractivity contribution is 0.579. The second kappa shape index (κ2) is 5.89. The minimum absolute atomic E-state index is 0.209. The number of sulfonamides is 1. The highest BCUT2D eigenvalue weighted by Gasteiger charge is 2.22. The highest BCUT2D eigenvalue weighted by atomic mass is 32.2. The number of hydrogen-bond donors (Lipinski definition) is 0. The molecule has 6 heteroatoms. The summed E-state index contributed by atoms with van der Waals surface area (Å²) in [5.74, 6) is -0.336. The fourth-order valence-corrected chi connectivity index (χ4v) is 3.51. The first-order valence-corrected chi connectivity index (χ1v) is 8.42. The number of benzene rings is 2. The van der Waals surface area contributed by atoms with Crippen molar-refractivity contribution in [3.8, 4) is 11.3 Å².